The van der Waals surface area contributed by atoms with Gasteiger partial charge in [0.25, 0.3) is 0 Å². The molecule has 1 saturated heterocycles. The summed E-state index contributed by atoms with van der Waals surface area (Å²) in [6.45, 7) is -0.0190. The van der Waals surface area contributed by atoms with Crippen LogP contribution in [-0.4, -0.2) is 34.5 Å². The molecule has 0 aromatic carbocycles. The normalized spacial score (nSPS) is 24.6. The number of hydrogen-bond acceptors (Lipinski definition) is 5. The summed E-state index contributed by atoms with van der Waals surface area (Å²) >= 11 is 0. The van der Waals surface area contributed by atoms with Crippen LogP contribution in [0.1, 0.15) is 19.1 Å². The zero-order valence-electron chi connectivity index (χ0n) is 9.00. The molecule has 1 aliphatic rings. The Labute approximate surface area is 92.4 Å². The van der Waals surface area contributed by atoms with Gasteiger partial charge in [0, 0.05) is 12.3 Å². The Kier molecular flexibility index (Phi) is 3.21. The van der Waals surface area contributed by atoms with E-state index in [-0.39, 0.29) is 24.8 Å². The minimum Gasteiger partial charge on any atom is -0.481 e. The highest BCUT2D eigenvalue weighted by molar-refractivity contribution is 5.05. The number of methoxy groups -OCH3 is 1. The minimum absolute atomic E-state index is 0.0190. The Morgan fingerprint density at radius 2 is 2.50 bits per heavy atom. The van der Waals surface area contributed by atoms with Gasteiger partial charge in [-0.1, -0.05) is 0 Å². The molecule has 2 rings (SSSR count). The maximum atomic E-state index is 11.6. The van der Waals surface area contributed by atoms with Crippen molar-refractivity contribution >= 4 is 0 Å². The van der Waals surface area contributed by atoms with Gasteiger partial charge in [0.1, 0.15) is 6.23 Å². The van der Waals surface area contributed by atoms with Crippen LogP contribution < -0.4 is 10.4 Å². The second-order valence-electron chi connectivity index (χ2n) is 3.63. The zero-order chi connectivity index (χ0) is 11.5. The Hall–Kier alpha value is -1.40. The van der Waals surface area contributed by atoms with Gasteiger partial charge in [-0.05, 0) is 12.8 Å². The van der Waals surface area contributed by atoms with E-state index in [1.54, 1.807) is 12.3 Å². The lowest BCUT2D eigenvalue weighted by atomic mass is 10.2. The van der Waals surface area contributed by atoms with Crippen LogP contribution in [0.5, 0.6) is 5.88 Å². The van der Waals surface area contributed by atoms with Crippen LogP contribution in [-0.2, 0) is 4.74 Å². The fraction of sp³-hybridized carbons (Fsp3) is 0.600. The molecular weight excluding hydrogens is 212 g/mol. The molecule has 16 heavy (non-hydrogen) atoms. The molecule has 0 amide bonds. The molecule has 1 aromatic heterocycles. The van der Waals surface area contributed by atoms with Crippen LogP contribution in [0.4, 0.5) is 0 Å². The molecule has 1 N–H and O–H groups in total. The summed E-state index contributed by atoms with van der Waals surface area (Å²) in [6.07, 6.45) is 2.54. The first-order chi connectivity index (χ1) is 7.74. The standard InChI is InChI=1S/C10H14N2O4/c1-15-8-4-5-12(10(14)11-8)9-3-2-7(6-13)16-9/h4-5,7,9,13H,2-3,6H2,1H3/t7-,9+/m0/s1. The van der Waals surface area contributed by atoms with Crippen molar-refractivity contribution in [3.63, 3.8) is 0 Å². The number of ether oxygens (including phenoxy) is 2. The highest BCUT2D eigenvalue weighted by atomic mass is 16.5. The van der Waals surface area contributed by atoms with Gasteiger partial charge in [0.15, 0.2) is 0 Å². The number of aromatic nitrogens is 2. The largest absolute Gasteiger partial charge is 0.481 e. The summed E-state index contributed by atoms with van der Waals surface area (Å²) in [5.41, 5.74) is -0.400. The number of rotatable bonds is 3. The van der Waals surface area contributed by atoms with Gasteiger partial charge in [-0.2, -0.15) is 4.98 Å². The third kappa shape index (κ3) is 2.07. The topological polar surface area (TPSA) is 73.6 Å². The zero-order valence-corrected chi connectivity index (χ0v) is 9.00. The molecule has 2 heterocycles. The molecule has 1 aliphatic heterocycles. The molecule has 6 heteroatoms. The molecule has 0 bridgehead atoms. The lowest BCUT2D eigenvalue weighted by Gasteiger charge is -2.14. The van der Waals surface area contributed by atoms with Crippen LogP contribution in [0.3, 0.4) is 0 Å². The summed E-state index contributed by atoms with van der Waals surface area (Å²) in [6, 6.07) is 1.61. The fourth-order valence-corrected chi connectivity index (χ4v) is 1.76. The van der Waals surface area contributed by atoms with Crippen molar-refractivity contribution in [1.82, 2.24) is 9.55 Å². The molecule has 1 aromatic rings. The number of aliphatic hydroxyl groups excluding tert-OH is 1. The van der Waals surface area contributed by atoms with Gasteiger partial charge in [-0.3, -0.25) is 4.57 Å². The lowest BCUT2D eigenvalue weighted by Crippen LogP contribution is -2.27. The van der Waals surface area contributed by atoms with Crippen molar-refractivity contribution in [2.24, 2.45) is 0 Å². The van der Waals surface area contributed by atoms with Crippen LogP contribution in [0.2, 0.25) is 0 Å². The average Bonchev–Trinajstić information content (AvgIpc) is 2.77. The van der Waals surface area contributed by atoms with E-state index in [0.717, 1.165) is 6.42 Å². The van der Waals surface area contributed by atoms with Gasteiger partial charge in [-0.15, -0.1) is 0 Å². The van der Waals surface area contributed by atoms with E-state index in [0.29, 0.717) is 6.42 Å². The molecule has 0 unspecified atom stereocenters. The van der Waals surface area contributed by atoms with Crippen LogP contribution in [0.25, 0.3) is 0 Å². The Morgan fingerprint density at radius 1 is 1.69 bits per heavy atom. The maximum Gasteiger partial charge on any atom is 0.352 e. The van der Waals surface area contributed by atoms with Crippen LogP contribution in [0, 0.1) is 0 Å². The molecule has 88 valence electrons. The summed E-state index contributed by atoms with van der Waals surface area (Å²) in [7, 11) is 1.46. The van der Waals surface area contributed by atoms with Gasteiger partial charge < -0.3 is 14.6 Å². The number of nitrogens with zero attached hydrogens (tertiary/aromatic N) is 2. The number of aliphatic hydroxyl groups is 1. The summed E-state index contributed by atoms with van der Waals surface area (Å²) in [5.74, 6) is 0.290. The predicted molar refractivity (Wildman–Crippen MR) is 55.3 cm³/mol. The second-order valence-corrected chi connectivity index (χ2v) is 3.63. The van der Waals surface area contributed by atoms with Crippen molar-refractivity contribution in [2.45, 2.75) is 25.2 Å². The van der Waals surface area contributed by atoms with E-state index >= 15 is 0 Å². The summed E-state index contributed by atoms with van der Waals surface area (Å²) < 4.78 is 11.7. The average molecular weight is 226 g/mol. The molecule has 0 aliphatic carbocycles. The molecule has 0 spiro atoms. The van der Waals surface area contributed by atoms with E-state index in [1.165, 1.54) is 11.7 Å². The third-order valence-corrected chi connectivity index (χ3v) is 2.61. The number of hydrogen-bond donors (Lipinski definition) is 1. The third-order valence-electron chi connectivity index (χ3n) is 2.61. The molecule has 0 radical (unpaired) electrons. The summed E-state index contributed by atoms with van der Waals surface area (Å²) in [4.78, 5) is 15.3. The monoisotopic (exact) mass is 226 g/mol. The van der Waals surface area contributed by atoms with Crippen molar-refractivity contribution in [2.75, 3.05) is 13.7 Å². The van der Waals surface area contributed by atoms with Crippen LogP contribution >= 0.6 is 0 Å². The Morgan fingerprint density at radius 3 is 3.06 bits per heavy atom. The second kappa shape index (κ2) is 4.63. The SMILES string of the molecule is COc1ccn([C@H]2CC[C@@H](CO)O2)c(=O)n1. The Bertz CT molecular complexity index is 418. The van der Waals surface area contributed by atoms with E-state index in [9.17, 15) is 4.79 Å². The smallest absolute Gasteiger partial charge is 0.352 e. The predicted octanol–water partition coefficient (Wildman–Crippen LogP) is -0.0782. The van der Waals surface area contributed by atoms with E-state index in [4.69, 9.17) is 14.6 Å². The minimum atomic E-state index is -0.400. The molecule has 6 nitrogen and oxygen atoms in total. The van der Waals surface area contributed by atoms with Gasteiger partial charge in [0.05, 0.1) is 19.8 Å². The molecule has 2 atom stereocenters. The van der Waals surface area contributed by atoms with E-state index in [1.807, 2.05) is 0 Å². The lowest BCUT2D eigenvalue weighted by molar-refractivity contribution is -0.0246. The maximum absolute atomic E-state index is 11.6. The van der Waals surface area contributed by atoms with Crippen LogP contribution in [0.15, 0.2) is 17.1 Å². The van der Waals surface area contributed by atoms with Gasteiger partial charge in [-0.25, -0.2) is 4.79 Å². The summed E-state index contributed by atoms with van der Waals surface area (Å²) in [5, 5.41) is 8.93. The Balaban J connectivity index is 2.19. The molecule has 1 fully saturated rings. The first-order valence-electron chi connectivity index (χ1n) is 5.14. The van der Waals surface area contributed by atoms with Crippen molar-refractivity contribution < 1.29 is 14.6 Å². The van der Waals surface area contributed by atoms with E-state index in [2.05, 4.69) is 4.98 Å². The van der Waals surface area contributed by atoms with Gasteiger partial charge >= 0.3 is 5.69 Å². The first kappa shape index (κ1) is 11.1. The molecular formula is C10H14N2O4. The quantitative estimate of drug-likeness (QED) is 0.780. The first-order valence-corrected chi connectivity index (χ1v) is 5.14. The van der Waals surface area contributed by atoms with E-state index < -0.39 is 5.69 Å². The van der Waals surface area contributed by atoms with Crippen molar-refractivity contribution in [3.8, 4) is 5.88 Å². The molecule has 0 saturated carbocycles. The van der Waals surface area contributed by atoms with Gasteiger partial charge in [0.2, 0.25) is 5.88 Å². The highest BCUT2D eigenvalue weighted by Gasteiger charge is 2.26. The van der Waals surface area contributed by atoms with Crippen molar-refractivity contribution in [3.05, 3.63) is 22.7 Å². The highest BCUT2D eigenvalue weighted by Crippen LogP contribution is 2.26. The fourth-order valence-electron chi connectivity index (χ4n) is 1.76. The van der Waals surface area contributed by atoms with Crippen molar-refractivity contribution in [1.29, 1.82) is 0 Å².